The summed E-state index contributed by atoms with van der Waals surface area (Å²) in [5.41, 5.74) is 2.63. The predicted molar refractivity (Wildman–Crippen MR) is 155 cm³/mol. The minimum atomic E-state index is -0.0417. The van der Waals surface area contributed by atoms with Crippen molar-refractivity contribution in [3.05, 3.63) is 137 Å². The van der Waals surface area contributed by atoms with Crippen LogP contribution in [0.15, 0.2) is 60.7 Å². The van der Waals surface area contributed by atoms with E-state index in [1.165, 1.54) is 70.3 Å². The van der Waals surface area contributed by atoms with Crippen molar-refractivity contribution in [1.29, 1.82) is 0 Å². The minimum absolute atomic E-state index is 0. The zero-order valence-electron chi connectivity index (χ0n) is 24.8. The largest absolute Gasteiger partial charge is 3.00 e. The summed E-state index contributed by atoms with van der Waals surface area (Å²) in [5.74, 6) is 16.7. The van der Waals surface area contributed by atoms with Gasteiger partial charge in [-0.25, -0.2) is 0 Å². The second-order valence-corrected chi connectivity index (χ2v) is 10.9. The molecule has 2 fully saturated rings. The Bertz CT molecular complexity index is 839. The summed E-state index contributed by atoms with van der Waals surface area (Å²) in [6.07, 6.45) is 6.60. The topological polar surface area (TPSA) is 0 Å². The summed E-state index contributed by atoms with van der Waals surface area (Å²) in [6.45, 7) is 23.6. The summed E-state index contributed by atoms with van der Waals surface area (Å²) < 4.78 is 0. The molecule has 0 saturated heterocycles. The molecule has 0 aromatic heterocycles. The molecule has 2 aromatic rings. The Morgan fingerprint density at radius 1 is 0.459 bits per heavy atom. The summed E-state index contributed by atoms with van der Waals surface area (Å²) in [4.78, 5) is 0. The van der Waals surface area contributed by atoms with E-state index in [0.717, 1.165) is 0 Å². The van der Waals surface area contributed by atoms with E-state index in [2.05, 4.69) is 122 Å². The van der Waals surface area contributed by atoms with Gasteiger partial charge in [0.1, 0.15) is 0 Å². The number of benzene rings is 2. The van der Waals surface area contributed by atoms with Crippen molar-refractivity contribution < 1.29 is 21.7 Å². The molecule has 11 radical (unpaired) electrons. The molecule has 2 aromatic carbocycles. The van der Waals surface area contributed by atoms with Crippen LogP contribution in [0.5, 0.6) is 0 Å². The van der Waals surface area contributed by atoms with E-state index < -0.39 is 0 Å². The van der Waals surface area contributed by atoms with Gasteiger partial charge in [-0.3, -0.25) is 0 Å². The molecule has 37 heavy (non-hydrogen) atoms. The summed E-state index contributed by atoms with van der Waals surface area (Å²) >= 11 is 0. The van der Waals surface area contributed by atoms with Gasteiger partial charge in [0.05, 0.1) is 0 Å². The molecule has 0 amide bonds. The molecule has 0 spiro atoms. The Balaban J connectivity index is 0.000000299. The van der Waals surface area contributed by atoms with Crippen molar-refractivity contribution in [1.82, 2.24) is 0 Å². The van der Waals surface area contributed by atoms with E-state index in [-0.39, 0.29) is 27.1 Å². The number of hydrogen-bond acceptors (Lipinski definition) is 0. The van der Waals surface area contributed by atoms with Crippen molar-refractivity contribution in [3.8, 4) is 5.92 Å². The second-order valence-electron chi connectivity index (χ2n) is 10.9. The molecule has 0 atom stereocenters. The van der Waals surface area contributed by atoms with Gasteiger partial charge < -0.3 is 12.3 Å². The summed E-state index contributed by atoms with van der Waals surface area (Å²) in [5, 5.41) is 0. The van der Waals surface area contributed by atoms with Crippen LogP contribution in [0, 0.1) is 76.9 Å². The van der Waals surface area contributed by atoms with Crippen LogP contribution >= 0.6 is 0 Å². The Kier molecular flexibility index (Phi) is 13.5. The first kappa shape index (κ1) is 33.7. The Labute approximate surface area is 245 Å². The molecule has 2 aliphatic rings. The molecule has 0 N–H and O–H groups in total. The van der Waals surface area contributed by atoms with E-state index in [9.17, 15) is 0 Å². The van der Waals surface area contributed by atoms with Crippen LogP contribution in [0.1, 0.15) is 87.3 Å². The van der Waals surface area contributed by atoms with E-state index in [0.29, 0.717) is 0 Å². The van der Waals surface area contributed by atoms with Crippen LogP contribution in [0.3, 0.4) is 0 Å². The molecule has 1 heteroatoms. The van der Waals surface area contributed by atoms with Crippen molar-refractivity contribution >= 4 is 0 Å². The van der Waals surface area contributed by atoms with Gasteiger partial charge >= 0.3 is 21.7 Å². The monoisotopic (exact) mass is 523 g/mol. The SMILES string of the molecule is C[C]1[C](C)[C](C)[C](c2ccccc2)[C]1C.C[C]1[C](C)[C](C)[C](c2ccccc2)[C]1C.[C-]#CC(C)(C)C.[Ti+3]. The Morgan fingerprint density at radius 2 is 0.676 bits per heavy atom. The van der Waals surface area contributed by atoms with Crippen molar-refractivity contribution in [3.63, 3.8) is 0 Å². The maximum absolute atomic E-state index is 6.60. The maximum atomic E-state index is 6.60. The molecular weight excluding hydrogens is 480 g/mol. The van der Waals surface area contributed by atoms with Crippen LogP contribution < -0.4 is 0 Å². The smallest absolute Gasteiger partial charge is 0.693 e. The molecule has 0 heterocycles. The summed E-state index contributed by atoms with van der Waals surface area (Å²) in [6, 6.07) is 21.3. The van der Waals surface area contributed by atoms with Gasteiger partial charge in [0, 0.05) is 11.8 Å². The van der Waals surface area contributed by atoms with Crippen LogP contribution in [0.25, 0.3) is 0 Å². The molecule has 4 rings (SSSR count). The molecule has 0 bridgehead atoms. The normalized spacial score (nSPS) is 20.1. The first-order valence-corrected chi connectivity index (χ1v) is 12.8. The molecule has 2 aliphatic carbocycles. The van der Waals surface area contributed by atoms with Gasteiger partial charge in [-0.15, -0.1) is 0 Å². The molecule has 0 unspecified atom stereocenters. The van der Waals surface area contributed by atoms with E-state index in [1.54, 1.807) is 0 Å². The fraction of sp³-hybridized carbons (Fsp3) is 0.333. The minimum Gasteiger partial charge on any atom is -0.693 e. The third-order valence-corrected chi connectivity index (χ3v) is 7.37. The van der Waals surface area contributed by atoms with Crippen LogP contribution in [-0.4, -0.2) is 0 Å². The van der Waals surface area contributed by atoms with Crippen molar-refractivity contribution in [2.75, 3.05) is 0 Å². The second kappa shape index (κ2) is 14.8. The average molecular weight is 524 g/mol. The van der Waals surface area contributed by atoms with E-state index in [1.807, 2.05) is 20.8 Å². The number of hydrogen-bond donors (Lipinski definition) is 0. The molecule has 0 aliphatic heterocycles. The third-order valence-electron chi connectivity index (χ3n) is 7.37. The molecule has 0 nitrogen and oxygen atoms in total. The number of rotatable bonds is 2. The Morgan fingerprint density at radius 3 is 0.865 bits per heavy atom. The van der Waals surface area contributed by atoms with E-state index >= 15 is 0 Å². The average Bonchev–Trinajstić information content (AvgIpc) is 3.18. The zero-order chi connectivity index (χ0) is 27.2. The molecule has 189 valence electrons. The van der Waals surface area contributed by atoms with Gasteiger partial charge in [0.2, 0.25) is 0 Å². The molecular formula is C36H43Ti+2. The third kappa shape index (κ3) is 8.60. The van der Waals surface area contributed by atoms with Gasteiger partial charge in [-0.2, -0.15) is 0 Å². The first-order valence-electron chi connectivity index (χ1n) is 12.8. The predicted octanol–water partition coefficient (Wildman–Crippen LogP) is 9.62. The van der Waals surface area contributed by atoms with E-state index in [4.69, 9.17) is 6.42 Å². The zero-order valence-corrected chi connectivity index (χ0v) is 26.3. The Hall–Kier alpha value is -1.29. The fourth-order valence-electron chi connectivity index (χ4n) is 4.51. The van der Waals surface area contributed by atoms with Crippen LogP contribution in [0.2, 0.25) is 0 Å². The van der Waals surface area contributed by atoms with Gasteiger partial charge in [0.15, 0.2) is 0 Å². The van der Waals surface area contributed by atoms with Gasteiger partial charge in [-0.1, -0.05) is 137 Å². The fourth-order valence-corrected chi connectivity index (χ4v) is 4.51. The maximum Gasteiger partial charge on any atom is 3.00 e. The van der Waals surface area contributed by atoms with Crippen molar-refractivity contribution in [2.45, 2.75) is 76.2 Å². The standard InChI is InChI=1S/2C15H17.C6H9.Ti/c2*1-10-11(2)13(4)15(12(10)3)14-8-6-5-7-9-14;1-5-6(2,3)4;/h2*5-9H,1-4H3;2-4H3;/q;;-1;+3. The molecule has 2 saturated carbocycles. The van der Waals surface area contributed by atoms with Gasteiger partial charge in [0.25, 0.3) is 0 Å². The van der Waals surface area contributed by atoms with Gasteiger partial charge in [-0.05, 0) is 63.9 Å². The van der Waals surface area contributed by atoms with Crippen LogP contribution in [-0.2, 0) is 21.7 Å². The van der Waals surface area contributed by atoms with Crippen LogP contribution in [0.4, 0.5) is 0 Å². The van der Waals surface area contributed by atoms with Crippen molar-refractivity contribution in [2.24, 2.45) is 5.41 Å². The first-order chi connectivity index (χ1) is 16.8. The quantitative estimate of drug-likeness (QED) is 0.209. The summed E-state index contributed by atoms with van der Waals surface area (Å²) in [7, 11) is 0.